The van der Waals surface area contributed by atoms with E-state index in [2.05, 4.69) is 48.2 Å². The molecule has 1 atom stereocenters. The third kappa shape index (κ3) is 4.28. The van der Waals surface area contributed by atoms with E-state index in [4.69, 9.17) is 5.10 Å². The average molecular weight is 383 g/mol. The van der Waals surface area contributed by atoms with Crippen LogP contribution >= 0.6 is 0 Å². The Morgan fingerprint density at radius 1 is 0.931 bits per heavy atom. The van der Waals surface area contributed by atoms with Crippen LogP contribution in [0, 0.1) is 6.92 Å². The molecule has 1 heterocycles. The molecular formula is C25H25N3O. The van der Waals surface area contributed by atoms with Crippen LogP contribution in [0.5, 0.6) is 0 Å². The number of rotatable bonds is 5. The zero-order valence-electron chi connectivity index (χ0n) is 16.8. The van der Waals surface area contributed by atoms with Gasteiger partial charge in [-0.2, -0.15) is 5.10 Å². The van der Waals surface area contributed by atoms with E-state index in [-0.39, 0.29) is 12.1 Å². The van der Waals surface area contributed by atoms with Gasteiger partial charge in [-0.05, 0) is 30.5 Å². The highest BCUT2D eigenvalue weighted by molar-refractivity contribution is 5.99. The molecule has 3 aromatic carbocycles. The van der Waals surface area contributed by atoms with Crippen molar-refractivity contribution in [3.8, 4) is 0 Å². The molecule has 0 bridgehead atoms. The van der Waals surface area contributed by atoms with Gasteiger partial charge in [0.25, 0.3) is 5.91 Å². The first-order valence-corrected chi connectivity index (χ1v) is 9.89. The average Bonchev–Trinajstić information content (AvgIpc) is 3.04. The van der Waals surface area contributed by atoms with Crippen molar-refractivity contribution in [2.75, 3.05) is 6.54 Å². The number of hydrazone groups is 1. The molecule has 1 fully saturated rings. The van der Waals surface area contributed by atoms with Crippen LogP contribution in [-0.4, -0.2) is 28.1 Å². The summed E-state index contributed by atoms with van der Waals surface area (Å²) in [5.41, 5.74) is 5.30. The molecule has 0 aromatic heterocycles. The highest BCUT2D eigenvalue weighted by Crippen LogP contribution is 2.33. The van der Waals surface area contributed by atoms with Gasteiger partial charge in [-0.25, -0.2) is 5.01 Å². The van der Waals surface area contributed by atoms with Crippen LogP contribution in [0.3, 0.4) is 0 Å². The van der Waals surface area contributed by atoms with E-state index in [9.17, 15) is 4.79 Å². The lowest BCUT2D eigenvalue weighted by Crippen LogP contribution is -2.29. The minimum absolute atomic E-state index is 0.0155. The molecule has 0 saturated carbocycles. The zero-order valence-corrected chi connectivity index (χ0v) is 16.8. The van der Waals surface area contributed by atoms with Crippen molar-refractivity contribution >= 4 is 11.6 Å². The van der Waals surface area contributed by atoms with E-state index in [1.807, 2.05) is 55.5 Å². The number of carbonyl (C=O) groups excluding carboxylic acids is 1. The fourth-order valence-corrected chi connectivity index (χ4v) is 3.68. The third-order valence-electron chi connectivity index (χ3n) is 5.22. The minimum Gasteiger partial charge on any atom is -0.271 e. The predicted octanol–water partition coefficient (Wildman–Crippen LogP) is 4.76. The maximum absolute atomic E-state index is 13.0. The predicted molar refractivity (Wildman–Crippen MR) is 116 cm³/mol. The fraction of sp³-hybridized carbons (Fsp3) is 0.200. The highest BCUT2D eigenvalue weighted by atomic mass is 16.2. The number of carbonyl (C=O) groups is 1. The summed E-state index contributed by atoms with van der Waals surface area (Å²) < 4.78 is 0. The number of amides is 1. The van der Waals surface area contributed by atoms with E-state index in [0.717, 1.165) is 16.8 Å². The molecule has 4 heteroatoms. The Morgan fingerprint density at radius 3 is 2.21 bits per heavy atom. The first-order chi connectivity index (χ1) is 14.1. The summed E-state index contributed by atoms with van der Waals surface area (Å²) >= 11 is 0. The van der Waals surface area contributed by atoms with E-state index in [0.29, 0.717) is 13.1 Å². The molecule has 4 rings (SSSR count). The van der Waals surface area contributed by atoms with Gasteiger partial charge in [-0.3, -0.25) is 9.69 Å². The number of nitrogens with zero attached hydrogens (tertiary/aromatic N) is 3. The van der Waals surface area contributed by atoms with E-state index < -0.39 is 0 Å². The van der Waals surface area contributed by atoms with E-state index in [1.165, 1.54) is 11.1 Å². The van der Waals surface area contributed by atoms with Crippen LogP contribution < -0.4 is 0 Å². The van der Waals surface area contributed by atoms with Gasteiger partial charge in [0.2, 0.25) is 0 Å². The van der Waals surface area contributed by atoms with Gasteiger partial charge in [-0.1, -0.05) is 90.5 Å². The van der Waals surface area contributed by atoms with Crippen LogP contribution in [-0.2, 0) is 11.3 Å². The number of hydrogen-bond donors (Lipinski definition) is 0. The van der Waals surface area contributed by atoms with Crippen LogP contribution in [0.15, 0.2) is 90.0 Å². The smallest absolute Gasteiger partial charge is 0.258 e. The molecule has 4 nitrogen and oxygen atoms in total. The molecule has 1 unspecified atom stereocenters. The van der Waals surface area contributed by atoms with Gasteiger partial charge in [0.05, 0.1) is 12.3 Å². The summed E-state index contributed by atoms with van der Waals surface area (Å²) in [6.45, 7) is 5.07. The lowest BCUT2D eigenvalue weighted by atomic mass is 10.1. The summed E-state index contributed by atoms with van der Waals surface area (Å²) in [5, 5.41) is 6.41. The molecule has 1 saturated heterocycles. The van der Waals surface area contributed by atoms with E-state index in [1.54, 1.807) is 5.01 Å². The van der Waals surface area contributed by atoms with Crippen molar-refractivity contribution in [2.45, 2.75) is 26.6 Å². The Kier molecular flexibility index (Phi) is 5.54. The first-order valence-electron chi connectivity index (χ1n) is 9.89. The molecule has 1 amide bonds. The van der Waals surface area contributed by atoms with Gasteiger partial charge >= 0.3 is 0 Å². The summed E-state index contributed by atoms with van der Waals surface area (Å²) in [5.74, 6) is 0.0155. The van der Waals surface area contributed by atoms with Crippen LogP contribution in [0.25, 0.3) is 0 Å². The van der Waals surface area contributed by atoms with Crippen LogP contribution in [0.2, 0.25) is 0 Å². The summed E-state index contributed by atoms with van der Waals surface area (Å²) in [7, 11) is 0. The minimum atomic E-state index is -0.220. The second-order valence-corrected chi connectivity index (χ2v) is 7.46. The van der Waals surface area contributed by atoms with Gasteiger partial charge in [0, 0.05) is 6.54 Å². The Labute approximate surface area is 172 Å². The SMILES string of the molecule is CC(=NN1C(=O)CN(Cc2ccccc2)C1c1ccc(C)cc1)c1ccccc1. The van der Waals surface area contributed by atoms with Crippen molar-refractivity contribution in [1.29, 1.82) is 0 Å². The summed E-state index contributed by atoms with van der Waals surface area (Å²) in [4.78, 5) is 15.2. The normalized spacial score (nSPS) is 17.7. The second kappa shape index (κ2) is 8.41. The molecular weight excluding hydrogens is 358 g/mol. The van der Waals surface area contributed by atoms with E-state index >= 15 is 0 Å². The standard InChI is InChI=1S/C25H25N3O/c1-19-13-15-23(16-14-19)25-27(17-21-9-5-3-6-10-21)18-24(29)28(25)26-20(2)22-11-7-4-8-12-22/h3-16,25H,17-18H2,1-2H3. The molecule has 1 aliphatic rings. The van der Waals surface area contributed by atoms with Crippen LogP contribution in [0.1, 0.15) is 35.3 Å². The molecule has 0 spiro atoms. The van der Waals surface area contributed by atoms with Crippen molar-refractivity contribution < 1.29 is 4.79 Å². The molecule has 29 heavy (non-hydrogen) atoms. The van der Waals surface area contributed by atoms with Gasteiger partial charge in [0.1, 0.15) is 6.17 Å². The Hall–Kier alpha value is -3.24. The van der Waals surface area contributed by atoms with Gasteiger partial charge < -0.3 is 0 Å². The lowest BCUT2D eigenvalue weighted by molar-refractivity contribution is -0.128. The Bertz CT molecular complexity index is 997. The third-order valence-corrected chi connectivity index (χ3v) is 5.22. The lowest BCUT2D eigenvalue weighted by Gasteiger charge is -2.28. The number of benzene rings is 3. The molecule has 146 valence electrons. The highest BCUT2D eigenvalue weighted by Gasteiger charge is 2.39. The second-order valence-electron chi connectivity index (χ2n) is 7.46. The molecule has 0 N–H and O–H groups in total. The van der Waals surface area contributed by atoms with Gasteiger partial charge in [-0.15, -0.1) is 0 Å². The molecule has 3 aromatic rings. The van der Waals surface area contributed by atoms with Crippen LogP contribution in [0.4, 0.5) is 0 Å². The molecule has 1 aliphatic heterocycles. The largest absolute Gasteiger partial charge is 0.271 e. The maximum atomic E-state index is 13.0. The maximum Gasteiger partial charge on any atom is 0.258 e. The number of hydrogen-bond acceptors (Lipinski definition) is 3. The summed E-state index contributed by atoms with van der Waals surface area (Å²) in [6.07, 6.45) is -0.220. The van der Waals surface area contributed by atoms with Crippen molar-refractivity contribution in [3.05, 3.63) is 107 Å². The quantitative estimate of drug-likeness (QED) is 0.596. The van der Waals surface area contributed by atoms with Crippen molar-refractivity contribution in [1.82, 2.24) is 9.91 Å². The molecule has 0 aliphatic carbocycles. The number of aryl methyl sites for hydroxylation is 1. The Morgan fingerprint density at radius 2 is 1.55 bits per heavy atom. The topological polar surface area (TPSA) is 35.9 Å². The van der Waals surface area contributed by atoms with Crippen molar-refractivity contribution in [3.63, 3.8) is 0 Å². The Balaban J connectivity index is 1.70. The monoisotopic (exact) mass is 383 g/mol. The first kappa shape index (κ1) is 19.1. The molecule has 0 radical (unpaired) electrons. The van der Waals surface area contributed by atoms with Crippen molar-refractivity contribution in [2.24, 2.45) is 5.10 Å². The zero-order chi connectivity index (χ0) is 20.2. The summed E-state index contributed by atoms with van der Waals surface area (Å²) in [6, 6.07) is 28.6. The van der Waals surface area contributed by atoms with Gasteiger partial charge in [0.15, 0.2) is 0 Å². The fourth-order valence-electron chi connectivity index (χ4n) is 3.68.